The van der Waals surface area contributed by atoms with Crippen LogP contribution in [0.2, 0.25) is 0 Å². The van der Waals surface area contributed by atoms with Gasteiger partial charge in [0.15, 0.2) is 0 Å². The third kappa shape index (κ3) is 3.46. The van der Waals surface area contributed by atoms with Crippen LogP contribution in [0.1, 0.15) is 16.1 Å². The van der Waals surface area contributed by atoms with Crippen molar-refractivity contribution in [2.24, 2.45) is 0 Å². The van der Waals surface area contributed by atoms with Gasteiger partial charge < -0.3 is 10.3 Å². The van der Waals surface area contributed by atoms with E-state index in [9.17, 15) is 9.59 Å². The summed E-state index contributed by atoms with van der Waals surface area (Å²) in [6.45, 7) is 0. The van der Waals surface area contributed by atoms with E-state index in [4.69, 9.17) is 5.21 Å². The third-order valence-electron chi connectivity index (χ3n) is 4.33. The second kappa shape index (κ2) is 7.34. The molecule has 7 nitrogen and oxygen atoms in total. The van der Waals surface area contributed by atoms with E-state index in [0.29, 0.717) is 11.4 Å². The number of pyridine rings is 1. The number of fused-ring (bicyclic) bond motifs is 3. The number of hydroxylamine groups is 1. The lowest BCUT2D eigenvalue weighted by atomic mass is 10.1. The molecule has 0 unspecified atom stereocenters. The monoisotopic (exact) mass is 372 g/mol. The molecule has 7 heteroatoms. The highest BCUT2D eigenvalue weighted by Crippen LogP contribution is 2.25. The Morgan fingerprint density at radius 1 is 1.00 bits per heavy atom. The second-order valence-corrected chi connectivity index (χ2v) is 6.17. The number of anilines is 1. The average molecular weight is 372 g/mol. The Bertz CT molecular complexity index is 1210. The van der Waals surface area contributed by atoms with Crippen LogP contribution in [0.15, 0.2) is 66.9 Å². The Labute approximate surface area is 159 Å². The number of hydrogen-bond acceptors (Lipinski definition) is 4. The highest BCUT2D eigenvalue weighted by molar-refractivity contribution is 6.11. The first-order valence-electron chi connectivity index (χ1n) is 8.54. The first kappa shape index (κ1) is 17.4. The van der Waals surface area contributed by atoms with E-state index in [-0.39, 0.29) is 5.91 Å². The quantitative estimate of drug-likeness (QED) is 0.250. The average Bonchev–Trinajstić information content (AvgIpc) is 3.11. The summed E-state index contributed by atoms with van der Waals surface area (Å²) >= 11 is 0. The molecule has 2 heterocycles. The first-order valence-corrected chi connectivity index (χ1v) is 8.54. The number of para-hydroxylation sites is 1. The molecular formula is C21H16N4O3. The maximum absolute atomic E-state index is 12.6. The number of hydrogen-bond donors (Lipinski definition) is 4. The summed E-state index contributed by atoms with van der Waals surface area (Å²) in [4.78, 5) is 31.1. The molecule has 2 aromatic carbocycles. The number of nitrogens with zero attached hydrogens (tertiary/aromatic N) is 1. The van der Waals surface area contributed by atoms with Gasteiger partial charge >= 0.3 is 0 Å². The van der Waals surface area contributed by atoms with Gasteiger partial charge in [0.1, 0.15) is 5.69 Å². The largest absolute Gasteiger partial charge is 0.353 e. The maximum Gasteiger partial charge on any atom is 0.274 e. The topological polar surface area (TPSA) is 107 Å². The van der Waals surface area contributed by atoms with E-state index in [1.54, 1.807) is 42.6 Å². The number of benzene rings is 2. The van der Waals surface area contributed by atoms with Crippen LogP contribution in [0.25, 0.3) is 27.9 Å². The Kier molecular flexibility index (Phi) is 4.57. The third-order valence-corrected chi connectivity index (χ3v) is 4.33. The molecule has 0 aliphatic rings. The minimum absolute atomic E-state index is 0.310. The van der Waals surface area contributed by atoms with Crippen LogP contribution in [-0.4, -0.2) is 27.0 Å². The zero-order valence-corrected chi connectivity index (χ0v) is 14.6. The Hall–Kier alpha value is -3.97. The fourth-order valence-corrected chi connectivity index (χ4v) is 2.96. The van der Waals surface area contributed by atoms with Crippen molar-refractivity contribution in [2.75, 3.05) is 5.32 Å². The molecule has 0 saturated heterocycles. The van der Waals surface area contributed by atoms with Gasteiger partial charge in [0.2, 0.25) is 0 Å². The lowest BCUT2D eigenvalue weighted by molar-refractivity contribution is -0.124. The van der Waals surface area contributed by atoms with Gasteiger partial charge in [-0.25, -0.2) is 10.5 Å². The zero-order chi connectivity index (χ0) is 19.5. The van der Waals surface area contributed by atoms with E-state index in [1.165, 1.54) is 11.6 Å². The lowest BCUT2D eigenvalue weighted by Crippen LogP contribution is -2.14. The van der Waals surface area contributed by atoms with Crippen molar-refractivity contribution in [3.63, 3.8) is 0 Å². The molecule has 28 heavy (non-hydrogen) atoms. The van der Waals surface area contributed by atoms with Gasteiger partial charge in [-0.1, -0.05) is 30.3 Å². The summed E-state index contributed by atoms with van der Waals surface area (Å²) in [5.41, 5.74) is 5.07. The molecule has 4 rings (SSSR count). The van der Waals surface area contributed by atoms with Crippen LogP contribution in [0, 0.1) is 0 Å². The van der Waals surface area contributed by atoms with Gasteiger partial charge in [-0.15, -0.1) is 0 Å². The van der Waals surface area contributed by atoms with Crippen molar-refractivity contribution < 1.29 is 14.8 Å². The molecule has 2 amide bonds. The molecule has 4 N–H and O–H groups in total. The van der Waals surface area contributed by atoms with Crippen molar-refractivity contribution in [1.82, 2.24) is 15.4 Å². The van der Waals surface area contributed by atoms with Crippen molar-refractivity contribution >= 4 is 45.4 Å². The summed E-state index contributed by atoms with van der Waals surface area (Å²) in [6, 6.07) is 16.6. The SMILES string of the molecule is O=C(/C=C/c1ccc(NC(=O)c2cc3c(cn2)[nH]c2ccccc23)cc1)NO. The van der Waals surface area contributed by atoms with Crippen molar-refractivity contribution in [3.8, 4) is 0 Å². The molecule has 0 aliphatic carbocycles. The minimum atomic E-state index is -0.615. The van der Waals surface area contributed by atoms with E-state index < -0.39 is 5.91 Å². The Morgan fingerprint density at radius 2 is 1.79 bits per heavy atom. The molecule has 0 radical (unpaired) electrons. The predicted octanol–water partition coefficient (Wildman–Crippen LogP) is 3.49. The summed E-state index contributed by atoms with van der Waals surface area (Å²) in [7, 11) is 0. The normalized spacial score (nSPS) is 11.2. The van der Waals surface area contributed by atoms with Gasteiger partial charge in [0, 0.05) is 28.1 Å². The van der Waals surface area contributed by atoms with E-state index in [0.717, 1.165) is 27.4 Å². The lowest BCUT2D eigenvalue weighted by Gasteiger charge is -2.05. The van der Waals surface area contributed by atoms with Crippen LogP contribution < -0.4 is 10.8 Å². The smallest absolute Gasteiger partial charge is 0.274 e. The number of amides is 2. The molecule has 138 valence electrons. The van der Waals surface area contributed by atoms with Gasteiger partial charge in [0.05, 0.1) is 11.7 Å². The molecule has 0 spiro atoms. The summed E-state index contributed by atoms with van der Waals surface area (Å²) in [5.74, 6) is -0.925. The van der Waals surface area contributed by atoms with Gasteiger partial charge in [-0.05, 0) is 35.9 Å². The summed E-state index contributed by atoms with van der Waals surface area (Å²) in [5, 5.41) is 13.3. The molecule has 0 aliphatic heterocycles. The molecule has 0 bridgehead atoms. The number of H-pyrrole nitrogens is 1. The molecular weight excluding hydrogens is 356 g/mol. The van der Waals surface area contributed by atoms with Crippen LogP contribution in [0.3, 0.4) is 0 Å². The standard InChI is InChI=1S/C21H16N4O3/c26-20(25-28)10-7-13-5-8-14(9-6-13)23-21(27)18-11-16-15-3-1-2-4-17(15)24-19(16)12-22-18/h1-12,24,28H,(H,23,27)(H,25,26)/b10-7+. The van der Waals surface area contributed by atoms with Crippen molar-refractivity contribution in [3.05, 3.63) is 78.1 Å². The molecule has 4 aromatic rings. The second-order valence-electron chi connectivity index (χ2n) is 6.17. The number of aromatic amines is 1. The van der Waals surface area contributed by atoms with Crippen LogP contribution >= 0.6 is 0 Å². The Balaban J connectivity index is 1.54. The predicted molar refractivity (Wildman–Crippen MR) is 107 cm³/mol. The van der Waals surface area contributed by atoms with Crippen LogP contribution in [-0.2, 0) is 4.79 Å². The molecule has 2 aromatic heterocycles. The number of carbonyl (C=O) groups excluding carboxylic acids is 2. The molecule has 0 fully saturated rings. The highest BCUT2D eigenvalue weighted by atomic mass is 16.5. The highest BCUT2D eigenvalue weighted by Gasteiger charge is 2.11. The number of carbonyl (C=O) groups is 2. The fourth-order valence-electron chi connectivity index (χ4n) is 2.96. The zero-order valence-electron chi connectivity index (χ0n) is 14.6. The number of rotatable bonds is 4. The van der Waals surface area contributed by atoms with E-state index in [2.05, 4.69) is 15.3 Å². The summed E-state index contributed by atoms with van der Waals surface area (Å²) < 4.78 is 0. The maximum atomic E-state index is 12.6. The number of aromatic nitrogens is 2. The first-order chi connectivity index (χ1) is 13.6. The number of nitrogens with one attached hydrogen (secondary N) is 3. The van der Waals surface area contributed by atoms with E-state index in [1.807, 2.05) is 24.3 Å². The fraction of sp³-hybridized carbons (Fsp3) is 0. The van der Waals surface area contributed by atoms with Crippen LogP contribution in [0.4, 0.5) is 5.69 Å². The minimum Gasteiger partial charge on any atom is -0.353 e. The van der Waals surface area contributed by atoms with Crippen molar-refractivity contribution in [1.29, 1.82) is 0 Å². The van der Waals surface area contributed by atoms with Gasteiger partial charge in [-0.2, -0.15) is 0 Å². The molecule has 0 atom stereocenters. The van der Waals surface area contributed by atoms with Crippen molar-refractivity contribution in [2.45, 2.75) is 0 Å². The van der Waals surface area contributed by atoms with Gasteiger partial charge in [0.25, 0.3) is 11.8 Å². The molecule has 0 saturated carbocycles. The Morgan fingerprint density at radius 3 is 2.57 bits per heavy atom. The van der Waals surface area contributed by atoms with Gasteiger partial charge in [-0.3, -0.25) is 14.8 Å². The van der Waals surface area contributed by atoms with E-state index >= 15 is 0 Å². The summed E-state index contributed by atoms with van der Waals surface area (Å²) in [6.07, 6.45) is 4.40. The van der Waals surface area contributed by atoms with Crippen LogP contribution in [0.5, 0.6) is 0 Å².